The van der Waals surface area contributed by atoms with Crippen molar-refractivity contribution in [1.82, 2.24) is 5.32 Å². The molecule has 0 bridgehead atoms. The highest BCUT2D eigenvalue weighted by Crippen LogP contribution is 2.20. The average Bonchev–Trinajstić information content (AvgIpc) is 2.64. The van der Waals surface area contributed by atoms with Gasteiger partial charge in [-0.05, 0) is 87.8 Å². The SMILES string of the molecule is CCOC(=O)c1cccc(NC(=S)NC(C)COc2ccc(C)c(C)c2)c1C. The topological polar surface area (TPSA) is 59.6 Å². The molecule has 0 aliphatic carbocycles. The number of carbonyl (C=O) groups is 1. The average molecular weight is 401 g/mol. The Kier molecular flexibility index (Phi) is 7.81. The van der Waals surface area contributed by atoms with Crippen LogP contribution in [0.5, 0.6) is 5.75 Å². The number of hydrogen-bond acceptors (Lipinski definition) is 4. The summed E-state index contributed by atoms with van der Waals surface area (Å²) < 4.78 is 10.9. The van der Waals surface area contributed by atoms with Crippen LogP contribution in [0, 0.1) is 20.8 Å². The molecule has 2 rings (SSSR count). The van der Waals surface area contributed by atoms with Gasteiger partial charge in [-0.3, -0.25) is 0 Å². The number of nitrogens with one attached hydrogen (secondary N) is 2. The maximum atomic E-state index is 12.0. The summed E-state index contributed by atoms with van der Waals surface area (Å²) in [7, 11) is 0. The van der Waals surface area contributed by atoms with Gasteiger partial charge in [-0.25, -0.2) is 4.79 Å². The fourth-order valence-electron chi connectivity index (χ4n) is 2.65. The molecule has 0 amide bonds. The van der Waals surface area contributed by atoms with E-state index >= 15 is 0 Å². The molecule has 2 aromatic carbocycles. The number of thiocarbonyl (C=S) groups is 1. The zero-order chi connectivity index (χ0) is 20.7. The van der Waals surface area contributed by atoms with Crippen molar-refractivity contribution in [3.63, 3.8) is 0 Å². The van der Waals surface area contributed by atoms with Crippen molar-refractivity contribution in [2.75, 3.05) is 18.5 Å². The van der Waals surface area contributed by atoms with Gasteiger partial charge in [0.05, 0.1) is 18.2 Å². The van der Waals surface area contributed by atoms with Crippen molar-refractivity contribution >= 4 is 29.0 Å². The fraction of sp³-hybridized carbons (Fsp3) is 0.364. The van der Waals surface area contributed by atoms with E-state index in [1.54, 1.807) is 19.1 Å². The van der Waals surface area contributed by atoms with Gasteiger partial charge in [0.1, 0.15) is 12.4 Å². The summed E-state index contributed by atoms with van der Waals surface area (Å²) in [5.41, 5.74) is 4.53. The second-order valence-corrected chi connectivity index (χ2v) is 7.16. The summed E-state index contributed by atoms with van der Waals surface area (Å²) >= 11 is 5.41. The first-order chi connectivity index (χ1) is 13.3. The Morgan fingerprint density at radius 3 is 2.57 bits per heavy atom. The van der Waals surface area contributed by atoms with Crippen LogP contribution in [0.2, 0.25) is 0 Å². The fourth-order valence-corrected chi connectivity index (χ4v) is 2.96. The second-order valence-electron chi connectivity index (χ2n) is 6.76. The van der Waals surface area contributed by atoms with E-state index in [1.807, 2.05) is 38.1 Å². The van der Waals surface area contributed by atoms with Crippen molar-refractivity contribution in [3.05, 3.63) is 58.7 Å². The van der Waals surface area contributed by atoms with Crippen LogP contribution >= 0.6 is 12.2 Å². The molecule has 1 atom stereocenters. The summed E-state index contributed by atoms with van der Waals surface area (Å²) in [5.74, 6) is 0.506. The van der Waals surface area contributed by atoms with E-state index in [-0.39, 0.29) is 12.0 Å². The monoisotopic (exact) mass is 400 g/mol. The molecule has 0 saturated heterocycles. The summed E-state index contributed by atoms with van der Waals surface area (Å²) in [5, 5.41) is 6.83. The highest BCUT2D eigenvalue weighted by atomic mass is 32.1. The number of hydrogen-bond donors (Lipinski definition) is 2. The van der Waals surface area contributed by atoms with Gasteiger partial charge in [0.2, 0.25) is 0 Å². The zero-order valence-electron chi connectivity index (χ0n) is 17.1. The maximum absolute atomic E-state index is 12.0. The number of carbonyl (C=O) groups excluding carboxylic acids is 1. The second kappa shape index (κ2) is 10.1. The summed E-state index contributed by atoms with van der Waals surface area (Å²) in [6.07, 6.45) is 0. The molecule has 6 heteroatoms. The minimum Gasteiger partial charge on any atom is -0.491 e. The highest BCUT2D eigenvalue weighted by molar-refractivity contribution is 7.80. The van der Waals surface area contributed by atoms with Gasteiger partial charge < -0.3 is 20.1 Å². The largest absolute Gasteiger partial charge is 0.491 e. The van der Waals surface area contributed by atoms with Gasteiger partial charge in [0.15, 0.2) is 5.11 Å². The van der Waals surface area contributed by atoms with Crippen molar-refractivity contribution in [2.45, 2.75) is 40.7 Å². The van der Waals surface area contributed by atoms with E-state index in [4.69, 9.17) is 21.7 Å². The van der Waals surface area contributed by atoms with E-state index < -0.39 is 0 Å². The highest BCUT2D eigenvalue weighted by Gasteiger charge is 2.14. The van der Waals surface area contributed by atoms with Crippen molar-refractivity contribution in [1.29, 1.82) is 0 Å². The molecule has 0 aromatic heterocycles. The molecule has 1 unspecified atom stereocenters. The molecule has 150 valence electrons. The van der Waals surface area contributed by atoms with Crippen LogP contribution in [0.4, 0.5) is 5.69 Å². The summed E-state index contributed by atoms with van der Waals surface area (Å²) in [6, 6.07) is 11.5. The molecule has 0 aliphatic heterocycles. The Hall–Kier alpha value is -2.60. The Morgan fingerprint density at radius 1 is 1.14 bits per heavy atom. The Morgan fingerprint density at radius 2 is 1.89 bits per heavy atom. The molecule has 2 N–H and O–H groups in total. The standard InChI is InChI=1S/C22H28N2O3S/c1-6-26-21(25)19-8-7-9-20(17(19)5)24-22(28)23-16(4)13-27-18-11-10-14(2)15(3)12-18/h7-12,16H,6,13H2,1-5H3,(H2,23,24,28). The Balaban J connectivity index is 1.91. The van der Waals surface area contributed by atoms with Crippen LogP contribution in [0.1, 0.15) is 40.9 Å². The summed E-state index contributed by atoms with van der Waals surface area (Å²) in [4.78, 5) is 12.0. The minimum atomic E-state index is -0.335. The van der Waals surface area contributed by atoms with E-state index in [2.05, 4.69) is 24.5 Å². The third-order valence-electron chi connectivity index (χ3n) is 4.43. The Bertz CT molecular complexity index is 852. The van der Waals surface area contributed by atoms with E-state index in [0.717, 1.165) is 17.0 Å². The van der Waals surface area contributed by atoms with Crippen LogP contribution in [0.25, 0.3) is 0 Å². The number of esters is 1. The lowest BCUT2D eigenvalue weighted by molar-refractivity contribution is 0.0525. The van der Waals surface area contributed by atoms with Crippen molar-refractivity contribution in [3.8, 4) is 5.75 Å². The summed E-state index contributed by atoms with van der Waals surface area (Å²) in [6.45, 7) is 10.6. The van der Waals surface area contributed by atoms with Gasteiger partial charge in [-0.1, -0.05) is 12.1 Å². The van der Waals surface area contributed by atoms with Crippen molar-refractivity contribution in [2.24, 2.45) is 0 Å². The number of anilines is 1. The first-order valence-corrected chi connectivity index (χ1v) is 9.77. The minimum absolute atomic E-state index is 0.00940. The smallest absolute Gasteiger partial charge is 0.338 e. The van der Waals surface area contributed by atoms with Crippen LogP contribution < -0.4 is 15.4 Å². The van der Waals surface area contributed by atoms with E-state index in [9.17, 15) is 4.79 Å². The lowest BCUT2D eigenvalue weighted by Crippen LogP contribution is -2.39. The normalized spacial score (nSPS) is 11.5. The van der Waals surface area contributed by atoms with Gasteiger partial charge >= 0.3 is 5.97 Å². The number of benzene rings is 2. The van der Waals surface area contributed by atoms with Gasteiger partial charge in [0.25, 0.3) is 0 Å². The molecule has 0 radical (unpaired) electrons. The quantitative estimate of drug-likeness (QED) is 0.526. The van der Waals surface area contributed by atoms with Gasteiger partial charge in [-0.15, -0.1) is 0 Å². The van der Waals surface area contributed by atoms with Crippen molar-refractivity contribution < 1.29 is 14.3 Å². The number of ether oxygens (including phenoxy) is 2. The maximum Gasteiger partial charge on any atom is 0.338 e. The van der Waals surface area contributed by atoms with E-state index in [1.165, 1.54) is 11.1 Å². The molecular weight excluding hydrogens is 372 g/mol. The van der Waals surface area contributed by atoms with Crippen LogP contribution in [-0.2, 0) is 4.74 Å². The first kappa shape index (κ1) is 21.7. The molecule has 0 aliphatic rings. The molecule has 0 spiro atoms. The predicted octanol–water partition coefficient (Wildman–Crippen LogP) is 4.54. The third-order valence-corrected chi connectivity index (χ3v) is 4.65. The molecule has 0 fully saturated rings. The zero-order valence-corrected chi connectivity index (χ0v) is 17.9. The van der Waals surface area contributed by atoms with Crippen LogP contribution in [0.15, 0.2) is 36.4 Å². The van der Waals surface area contributed by atoms with Gasteiger partial charge in [-0.2, -0.15) is 0 Å². The molecular formula is C22H28N2O3S. The number of aryl methyl sites for hydroxylation is 2. The molecule has 2 aromatic rings. The predicted molar refractivity (Wildman–Crippen MR) is 117 cm³/mol. The van der Waals surface area contributed by atoms with Crippen LogP contribution in [-0.4, -0.2) is 30.3 Å². The van der Waals surface area contributed by atoms with Gasteiger partial charge in [0, 0.05) is 5.69 Å². The molecule has 0 heterocycles. The van der Waals surface area contributed by atoms with Crippen LogP contribution in [0.3, 0.4) is 0 Å². The lowest BCUT2D eigenvalue weighted by Gasteiger charge is -2.19. The van der Waals surface area contributed by atoms with E-state index in [0.29, 0.717) is 23.9 Å². The first-order valence-electron chi connectivity index (χ1n) is 9.36. The molecule has 5 nitrogen and oxygen atoms in total. The number of rotatable bonds is 7. The lowest BCUT2D eigenvalue weighted by atomic mass is 10.1. The molecule has 0 saturated carbocycles. The third kappa shape index (κ3) is 5.96. The Labute approximate surface area is 172 Å². The molecule has 28 heavy (non-hydrogen) atoms.